The summed E-state index contributed by atoms with van der Waals surface area (Å²) in [5.41, 5.74) is 2.22. The molecule has 2 heterocycles. The van der Waals surface area contributed by atoms with E-state index in [1.54, 1.807) is 30.3 Å². The van der Waals surface area contributed by atoms with E-state index in [9.17, 15) is 13.2 Å². The summed E-state index contributed by atoms with van der Waals surface area (Å²) in [6.07, 6.45) is 7.13. The van der Waals surface area contributed by atoms with E-state index >= 15 is 0 Å². The van der Waals surface area contributed by atoms with Crippen LogP contribution in [0, 0.1) is 5.92 Å². The van der Waals surface area contributed by atoms with Crippen LogP contribution in [0.15, 0.2) is 47.4 Å². The van der Waals surface area contributed by atoms with E-state index in [2.05, 4.69) is 25.1 Å². The highest BCUT2D eigenvalue weighted by molar-refractivity contribution is 7.87. The fraction of sp³-hybridized carbons (Fsp3) is 0.462. The smallest absolute Gasteiger partial charge is 0.339 e. The number of H-pyrrole nitrogens is 1. The number of rotatable bonds is 7. The van der Waals surface area contributed by atoms with Crippen LogP contribution < -0.4 is 14.4 Å². The molecule has 1 aliphatic heterocycles. The minimum absolute atomic E-state index is 0.0488. The van der Waals surface area contributed by atoms with Gasteiger partial charge in [0.05, 0.1) is 11.0 Å². The van der Waals surface area contributed by atoms with Gasteiger partial charge in [-0.25, -0.2) is 4.98 Å². The Bertz CT molecular complexity index is 1350. The lowest BCUT2D eigenvalue weighted by Gasteiger charge is -2.39. The SMILES string of the molecule is O=C(Nc1nc2cc(OS(=O)(=O)c3ccc(N4CCN(C5CCCC5)CC4)cc3)ccc2[nH]1)C1CC1. The first-order valence-corrected chi connectivity index (χ1v) is 14.2. The van der Waals surface area contributed by atoms with E-state index in [-0.39, 0.29) is 22.5 Å². The Morgan fingerprint density at radius 3 is 2.39 bits per heavy atom. The number of benzene rings is 2. The number of nitrogens with zero attached hydrogens (tertiary/aromatic N) is 3. The minimum atomic E-state index is -4.00. The number of imidazole rings is 1. The van der Waals surface area contributed by atoms with Gasteiger partial charge in [0.1, 0.15) is 10.6 Å². The highest BCUT2D eigenvalue weighted by Gasteiger charge is 2.30. The summed E-state index contributed by atoms with van der Waals surface area (Å²) in [5, 5.41) is 2.76. The second kappa shape index (κ2) is 9.40. The molecule has 36 heavy (non-hydrogen) atoms. The molecule has 0 atom stereocenters. The maximum Gasteiger partial charge on any atom is 0.339 e. The summed E-state index contributed by atoms with van der Waals surface area (Å²) in [5.74, 6) is 0.533. The van der Waals surface area contributed by atoms with Gasteiger partial charge in [0.15, 0.2) is 0 Å². The van der Waals surface area contributed by atoms with Crippen LogP contribution in [-0.4, -0.2) is 61.4 Å². The zero-order valence-corrected chi connectivity index (χ0v) is 21.0. The second-order valence-electron chi connectivity index (χ2n) is 10.0. The summed E-state index contributed by atoms with van der Waals surface area (Å²) >= 11 is 0. The summed E-state index contributed by atoms with van der Waals surface area (Å²) in [6, 6.07) is 12.5. The number of aromatic nitrogens is 2. The molecule has 0 bridgehead atoms. The fourth-order valence-corrected chi connectivity index (χ4v) is 6.20. The third kappa shape index (κ3) is 4.92. The van der Waals surface area contributed by atoms with E-state index < -0.39 is 10.1 Å². The molecule has 1 amide bonds. The quantitative estimate of drug-likeness (QED) is 0.467. The molecule has 3 aromatic rings. The van der Waals surface area contributed by atoms with E-state index in [0.29, 0.717) is 17.0 Å². The molecule has 2 saturated carbocycles. The van der Waals surface area contributed by atoms with Gasteiger partial charge in [-0.3, -0.25) is 15.0 Å². The number of anilines is 2. The molecule has 0 radical (unpaired) electrons. The summed E-state index contributed by atoms with van der Waals surface area (Å²) < 4.78 is 31.2. The Kier molecular flexibility index (Phi) is 6.08. The van der Waals surface area contributed by atoms with Crippen LogP contribution in [0.3, 0.4) is 0 Å². The van der Waals surface area contributed by atoms with E-state index in [1.165, 1.54) is 25.7 Å². The number of fused-ring (bicyclic) bond motifs is 1. The van der Waals surface area contributed by atoms with Gasteiger partial charge in [-0.2, -0.15) is 8.42 Å². The first kappa shape index (κ1) is 23.3. The van der Waals surface area contributed by atoms with Gasteiger partial charge in [-0.05, 0) is 62.1 Å². The molecule has 9 nitrogen and oxygen atoms in total. The van der Waals surface area contributed by atoms with Crippen LogP contribution in [-0.2, 0) is 14.9 Å². The maximum atomic E-state index is 12.9. The molecule has 1 saturated heterocycles. The molecule has 3 aliphatic rings. The van der Waals surface area contributed by atoms with Crippen LogP contribution in [0.4, 0.5) is 11.6 Å². The lowest BCUT2D eigenvalue weighted by molar-refractivity contribution is -0.117. The highest BCUT2D eigenvalue weighted by Crippen LogP contribution is 2.31. The minimum Gasteiger partial charge on any atom is -0.379 e. The molecule has 1 aromatic heterocycles. The third-order valence-corrected chi connectivity index (χ3v) is 8.76. The predicted octanol–water partition coefficient (Wildman–Crippen LogP) is 3.74. The monoisotopic (exact) mass is 509 g/mol. The summed E-state index contributed by atoms with van der Waals surface area (Å²) in [4.78, 5) is 24.4. The van der Waals surface area contributed by atoms with Gasteiger partial charge in [0, 0.05) is 49.9 Å². The maximum absolute atomic E-state index is 12.9. The molecule has 6 rings (SSSR count). The van der Waals surface area contributed by atoms with Crippen LogP contribution in [0.25, 0.3) is 11.0 Å². The average Bonchev–Trinajstić information content (AvgIpc) is 3.44. The molecule has 3 fully saturated rings. The van der Waals surface area contributed by atoms with Gasteiger partial charge in [-0.1, -0.05) is 12.8 Å². The van der Waals surface area contributed by atoms with Crippen molar-refractivity contribution in [1.82, 2.24) is 14.9 Å². The normalized spacial score (nSPS) is 19.6. The van der Waals surface area contributed by atoms with Crippen molar-refractivity contribution in [2.24, 2.45) is 5.92 Å². The summed E-state index contributed by atoms with van der Waals surface area (Å²) in [7, 11) is -4.00. The lowest BCUT2D eigenvalue weighted by atomic mass is 10.1. The average molecular weight is 510 g/mol. The van der Waals surface area contributed by atoms with Crippen molar-refractivity contribution in [2.45, 2.75) is 49.5 Å². The second-order valence-corrected chi connectivity index (χ2v) is 11.6. The lowest BCUT2D eigenvalue weighted by Crippen LogP contribution is -2.49. The van der Waals surface area contributed by atoms with Crippen LogP contribution >= 0.6 is 0 Å². The fourth-order valence-electron chi connectivity index (χ4n) is 5.27. The molecule has 0 unspecified atom stereocenters. The predicted molar refractivity (Wildman–Crippen MR) is 138 cm³/mol. The van der Waals surface area contributed by atoms with E-state index in [1.807, 2.05) is 12.1 Å². The van der Waals surface area contributed by atoms with Gasteiger partial charge in [-0.15, -0.1) is 0 Å². The zero-order valence-electron chi connectivity index (χ0n) is 20.2. The number of piperazine rings is 1. The number of carbonyl (C=O) groups is 1. The van der Waals surface area contributed by atoms with Gasteiger partial charge < -0.3 is 14.1 Å². The van der Waals surface area contributed by atoms with Crippen molar-refractivity contribution in [1.29, 1.82) is 0 Å². The zero-order chi connectivity index (χ0) is 24.7. The third-order valence-electron chi connectivity index (χ3n) is 7.50. The molecular weight excluding hydrogens is 478 g/mol. The van der Waals surface area contributed by atoms with Gasteiger partial charge >= 0.3 is 10.1 Å². The number of nitrogens with one attached hydrogen (secondary N) is 2. The largest absolute Gasteiger partial charge is 0.379 e. The topological polar surface area (TPSA) is 108 Å². The Morgan fingerprint density at radius 2 is 1.69 bits per heavy atom. The Hall–Kier alpha value is -3.11. The number of aromatic amines is 1. The first-order chi connectivity index (χ1) is 17.4. The van der Waals surface area contributed by atoms with Crippen molar-refractivity contribution >= 4 is 38.7 Å². The first-order valence-electron chi connectivity index (χ1n) is 12.8. The Morgan fingerprint density at radius 1 is 0.972 bits per heavy atom. The molecule has 190 valence electrons. The molecule has 0 spiro atoms. The highest BCUT2D eigenvalue weighted by atomic mass is 32.2. The van der Waals surface area contributed by atoms with Crippen LogP contribution in [0.2, 0.25) is 0 Å². The van der Waals surface area contributed by atoms with Gasteiger partial charge in [0.25, 0.3) is 0 Å². The van der Waals surface area contributed by atoms with Crippen molar-refractivity contribution in [2.75, 3.05) is 36.4 Å². The Balaban J connectivity index is 1.10. The number of amides is 1. The molecule has 10 heteroatoms. The van der Waals surface area contributed by atoms with Crippen molar-refractivity contribution < 1.29 is 17.4 Å². The van der Waals surface area contributed by atoms with Crippen molar-refractivity contribution in [3.05, 3.63) is 42.5 Å². The standard InChI is InChI=1S/C26H31N5O4S/c32-25(18-5-6-18)29-26-27-23-12-9-21(17-24(23)28-26)35-36(33,34)22-10-7-20(8-11-22)31-15-13-30(14-16-31)19-3-1-2-4-19/h7-12,17-19H,1-6,13-16H2,(H2,27,28,29,32). The van der Waals surface area contributed by atoms with Gasteiger partial charge in [0.2, 0.25) is 11.9 Å². The van der Waals surface area contributed by atoms with Crippen molar-refractivity contribution in [3.8, 4) is 5.75 Å². The van der Waals surface area contributed by atoms with Crippen LogP contribution in [0.5, 0.6) is 5.75 Å². The molecule has 2 aliphatic carbocycles. The van der Waals surface area contributed by atoms with E-state index in [4.69, 9.17) is 4.18 Å². The molecule has 2 aromatic carbocycles. The Labute approximate surface area is 211 Å². The van der Waals surface area contributed by atoms with Crippen molar-refractivity contribution in [3.63, 3.8) is 0 Å². The number of hydrogen-bond donors (Lipinski definition) is 2. The number of hydrogen-bond acceptors (Lipinski definition) is 7. The molecule has 2 N–H and O–H groups in total. The van der Waals surface area contributed by atoms with Crippen LogP contribution in [0.1, 0.15) is 38.5 Å². The number of carbonyl (C=O) groups excluding carboxylic acids is 1. The molecular formula is C26H31N5O4S. The summed E-state index contributed by atoms with van der Waals surface area (Å²) in [6.45, 7) is 4.00. The van der Waals surface area contributed by atoms with E-state index in [0.717, 1.165) is 50.7 Å².